The second-order valence-electron chi connectivity index (χ2n) is 3.99. The molecule has 0 aliphatic rings. The van der Waals surface area contributed by atoms with Gasteiger partial charge in [-0.3, -0.25) is 10.1 Å². The van der Waals surface area contributed by atoms with E-state index in [1.54, 1.807) is 19.1 Å². The molecule has 0 spiro atoms. The molecule has 0 aliphatic heterocycles. The fourth-order valence-electron chi connectivity index (χ4n) is 1.44. The number of nitrogens with zero attached hydrogens (tertiary/aromatic N) is 1. The van der Waals surface area contributed by atoms with Gasteiger partial charge in [0.15, 0.2) is 0 Å². The number of carbonyl (C=O) groups excluding carboxylic acids is 1. The Balaban J connectivity index is 2.65. The van der Waals surface area contributed by atoms with E-state index in [2.05, 4.69) is 10.6 Å². The molecule has 6 nitrogen and oxygen atoms in total. The summed E-state index contributed by atoms with van der Waals surface area (Å²) in [4.78, 5) is 21.7. The molecule has 0 fully saturated rings. The van der Waals surface area contributed by atoms with Crippen LogP contribution in [0.5, 0.6) is 0 Å². The Morgan fingerprint density at radius 3 is 2.78 bits per heavy atom. The van der Waals surface area contributed by atoms with Crippen LogP contribution in [0.25, 0.3) is 0 Å². The molecule has 0 radical (unpaired) electrons. The summed E-state index contributed by atoms with van der Waals surface area (Å²) >= 11 is 0. The van der Waals surface area contributed by atoms with Gasteiger partial charge >= 0.3 is 6.03 Å². The van der Waals surface area contributed by atoms with Gasteiger partial charge in [0.2, 0.25) is 0 Å². The number of aryl methyl sites for hydroxylation is 1. The summed E-state index contributed by atoms with van der Waals surface area (Å²) in [5.41, 5.74) is 0.986. The van der Waals surface area contributed by atoms with Crippen molar-refractivity contribution < 1.29 is 9.72 Å². The van der Waals surface area contributed by atoms with Crippen LogP contribution >= 0.6 is 0 Å². The molecular weight excluding hydrogens is 234 g/mol. The maximum atomic E-state index is 11.5. The lowest BCUT2D eigenvalue weighted by Crippen LogP contribution is -2.29. The Bertz CT molecular complexity index is 446. The normalized spacial score (nSPS) is 9.89. The number of unbranched alkanes of at least 4 members (excludes halogenated alkanes) is 1. The third-order valence-corrected chi connectivity index (χ3v) is 2.48. The summed E-state index contributed by atoms with van der Waals surface area (Å²) < 4.78 is 0. The van der Waals surface area contributed by atoms with E-state index < -0.39 is 4.92 Å². The number of nitrogens with one attached hydrogen (secondary N) is 2. The lowest BCUT2D eigenvalue weighted by Gasteiger charge is -2.07. The van der Waals surface area contributed by atoms with Crippen LogP contribution in [-0.2, 0) is 0 Å². The molecule has 0 unspecified atom stereocenters. The van der Waals surface area contributed by atoms with E-state index >= 15 is 0 Å². The van der Waals surface area contributed by atoms with Gasteiger partial charge in [-0.25, -0.2) is 4.79 Å². The minimum absolute atomic E-state index is 0.00126. The summed E-state index contributed by atoms with van der Waals surface area (Å²) in [6.45, 7) is 4.28. The van der Waals surface area contributed by atoms with Crippen molar-refractivity contribution in [3.63, 3.8) is 0 Å². The van der Waals surface area contributed by atoms with Crippen molar-refractivity contribution in [2.45, 2.75) is 26.7 Å². The number of nitro benzene ring substituents is 1. The molecule has 0 aromatic heterocycles. The van der Waals surface area contributed by atoms with E-state index in [1.165, 1.54) is 6.07 Å². The lowest BCUT2D eigenvalue weighted by molar-refractivity contribution is -0.385. The average molecular weight is 251 g/mol. The monoisotopic (exact) mass is 251 g/mol. The largest absolute Gasteiger partial charge is 0.338 e. The summed E-state index contributed by atoms with van der Waals surface area (Å²) in [7, 11) is 0. The molecule has 0 heterocycles. The molecule has 2 N–H and O–H groups in total. The van der Waals surface area contributed by atoms with E-state index in [9.17, 15) is 14.9 Å². The molecule has 0 aliphatic carbocycles. The number of hydrogen-bond acceptors (Lipinski definition) is 3. The highest BCUT2D eigenvalue weighted by molar-refractivity contribution is 5.89. The number of nitro groups is 1. The van der Waals surface area contributed by atoms with Crippen LogP contribution in [0.3, 0.4) is 0 Å². The molecule has 0 saturated heterocycles. The summed E-state index contributed by atoms with van der Waals surface area (Å²) in [5, 5.41) is 16.0. The molecule has 1 aromatic carbocycles. The Morgan fingerprint density at radius 2 is 2.17 bits per heavy atom. The van der Waals surface area contributed by atoms with Gasteiger partial charge in [-0.05, 0) is 19.4 Å². The topological polar surface area (TPSA) is 84.3 Å². The van der Waals surface area contributed by atoms with Gasteiger partial charge < -0.3 is 10.6 Å². The predicted octanol–water partition coefficient (Wildman–Crippen LogP) is 2.82. The number of anilines is 1. The van der Waals surface area contributed by atoms with E-state index in [0.717, 1.165) is 12.8 Å². The quantitative estimate of drug-likeness (QED) is 0.479. The zero-order chi connectivity index (χ0) is 13.5. The van der Waals surface area contributed by atoms with Gasteiger partial charge in [-0.2, -0.15) is 0 Å². The van der Waals surface area contributed by atoms with E-state index in [-0.39, 0.29) is 11.7 Å². The van der Waals surface area contributed by atoms with Crippen molar-refractivity contribution in [3.05, 3.63) is 33.9 Å². The maximum absolute atomic E-state index is 11.5. The highest BCUT2D eigenvalue weighted by atomic mass is 16.6. The zero-order valence-electron chi connectivity index (χ0n) is 10.5. The smallest absolute Gasteiger partial charge is 0.319 e. The van der Waals surface area contributed by atoms with E-state index in [1.807, 2.05) is 6.92 Å². The zero-order valence-corrected chi connectivity index (χ0v) is 10.5. The second-order valence-corrected chi connectivity index (χ2v) is 3.99. The van der Waals surface area contributed by atoms with Gasteiger partial charge in [0, 0.05) is 23.9 Å². The van der Waals surface area contributed by atoms with Gasteiger partial charge in [0.25, 0.3) is 5.69 Å². The first kappa shape index (κ1) is 14.0. The molecule has 98 valence electrons. The van der Waals surface area contributed by atoms with Crippen molar-refractivity contribution in [2.24, 2.45) is 0 Å². The van der Waals surface area contributed by atoms with Crippen molar-refractivity contribution in [3.8, 4) is 0 Å². The van der Waals surface area contributed by atoms with E-state index in [4.69, 9.17) is 0 Å². The van der Waals surface area contributed by atoms with Gasteiger partial charge in [0.05, 0.1) is 4.92 Å². The van der Waals surface area contributed by atoms with Crippen LogP contribution in [0.4, 0.5) is 16.2 Å². The van der Waals surface area contributed by atoms with Crippen molar-refractivity contribution in [1.82, 2.24) is 5.32 Å². The maximum Gasteiger partial charge on any atom is 0.319 e. The van der Waals surface area contributed by atoms with Crippen LogP contribution in [-0.4, -0.2) is 17.5 Å². The first-order valence-electron chi connectivity index (χ1n) is 5.84. The molecule has 1 aromatic rings. The fourth-order valence-corrected chi connectivity index (χ4v) is 1.44. The Kier molecular flexibility index (Phi) is 5.10. The highest BCUT2D eigenvalue weighted by Crippen LogP contribution is 2.22. The SMILES string of the molecule is CCCCNC(=O)Nc1ccc(C)c([N+](=O)[O-])c1. The standard InChI is InChI=1S/C12H17N3O3/c1-3-4-7-13-12(16)14-10-6-5-9(2)11(8-10)15(17)18/h5-6,8H,3-4,7H2,1-2H3,(H2,13,14,16). The van der Waals surface area contributed by atoms with Gasteiger partial charge in [-0.15, -0.1) is 0 Å². The number of hydrogen-bond donors (Lipinski definition) is 2. The van der Waals surface area contributed by atoms with Crippen molar-refractivity contribution >= 4 is 17.4 Å². The average Bonchev–Trinajstić information content (AvgIpc) is 2.31. The number of rotatable bonds is 5. The van der Waals surface area contributed by atoms with Crippen molar-refractivity contribution in [1.29, 1.82) is 0 Å². The highest BCUT2D eigenvalue weighted by Gasteiger charge is 2.11. The third-order valence-electron chi connectivity index (χ3n) is 2.48. The molecule has 6 heteroatoms. The number of benzene rings is 1. The molecule has 0 bridgehead atoms. The Labute approximate surface area is 106 Å². The predicted molar refractivity (Wildman–Crippen MR) is 69.8 cm³/mol. The minimum Gasteiger partial charge on any atom is -0.338 e. The van der Waals surface area contributed by atoms with Crippen molar-refractivity contribution in [2.75, 3.05) is 11.9 Å². The fraction of sp³-hybridized carbons (Fsp3) is 0.417. The van der Waals surface area contributed by atoms with Gasteiger partial charge in [0.1, 0.15) is 0 Å². The number of urea groups is 1. The molecule has 2 amide bonds. The summed E-state index contributed by atoms with van der Waals surface area (Å²) in [5.74, 6) is 0. The summed E-state index contributed by atoms with van der Waals surface area (Å²) in [6.07, 6.45) is 1.90. The Hall–Kier alpha value is -2.11. The van der Waals surface area contributed by atoms with Crippen LogP contribution < -0.4 is 10.6 Å². The molecule has 0 atom stereocenters. The first-order valence-corrected chi connectivity index (χ1v) is 5.84. The minimum atomic E-state index is -0.463. The van der Waals surface area contributed by atoms with Crippen LogP contribution in [0, 0.1) is 17.0 Å². The molecule has 1 rings (SSSR count). The lowest BCUT2D eigenvalue weighted by atomic mass is 10.2. The first-order chi connectivity index (χ1) is 8.54. The van der Waals surface area contributed by atoms with E-state index in [0.29, 0.717) is 17.8 Å². The van der Waals surface area contributed by atoms with Crippen LogP contribution in [0.15, 0.2) is 18.2 Å². The second kappa shape index (κ2) is 6.58. The third kappa shape index (κ3) is 4.04. The number of carbonyl (C=O) groups is 1. The number of amides is 2. The van der Waals surface area contributed by atoms with Crippen LogP contribution in [0.1, 0.15) is 25.3 Å². The molecule has 18 heavy (non-hydrogen) atoms. The Morgan fingerprint density at radius 1 is 1.44 bits per heavy atom. The molecular formula is C12H17N3O3. The van der Waals surface area contributed by atoms with Gasteiger partial charge in [-0.1, -0.05) is 19.4 Å². The van der Waals surface area contributed by atoms with Crippen LogP contribution in [0.2, 0.25) is 0 Å². The molecule has 0 saturated carbocycles. The summed E-state index contributed by atoms with van der Waals surface area (Å²) in [6, 6.07) is 4.26.